The average molecular weight is 361 g/mol. The molecule has 0 saturated carbocycles. The third kappa shape index (κ3) is 5.40. The molecule has 0 bridgehead atoms. The Morgan fingerprint density at radius 2 is 1.68 bits per heavy atom. The van der Waals surface area contributed by atoms with E-state index in [1.54, 1.807) is 6.92 Å². The van der Waals surface area contributed by atoms with Crippen molar-refractivity contribution in [2.45, 2.75) is 24.8 Å². The molecule has 0 aliphatic rings. The minimum atomic E-state index is -3.77. The van der Waals surface area contributed by atoms with E-state index in [1.165, 1.54) is 24.3 Å². The van der Waals surface area contributed by atoms with E-state index in [0.717, 1.165) is 5.56 Å². The van der Waals surface area contributed by atoms with Crippen molar-refractivity contribution in [3.8, 4) is 0 Å². The summed E-state index contributed by atoms with van der Waals surface area (Å²) in [6.45, 7) is 1.79. The third-order valence-electron chi connectivity index (χ3n) is 3.35. The van der Waals surface area contributed by atoms with E-state index in [0.29, 0.717) is 0 Å². The first-order chi connectivity index (χ1) is 11.9. The van der Waals surface area contributed by atoms with Gasteiger partial charge < -0.3 is 0 Å². The van der Waals surface area contributed by atoms with E-state index in [-0.39, 0.29) is 29.3 Å². The molecule has 2 rings (SSSR count). The van der Waals surface area contributed by atoms with Crippen LogP contribution in [0.25, 0.3) is 0 Å². The van der Waals surface area contributed by atoms with Gasteiger partial charge in [-0.25, -0.2) is 13.1 Å². The molecule has 2 amide bonds. The summed E-state index contributed by atoms with van der Waals surface area (Å²) in [5.41, 5.74) is 5.41. The Labute approximate surface area is 146 Å². The maximum Gasteiger partial charge on any atom is 0.269 e. The van der Waals surface area contributed by atoms with Gasteiger partial charge in [0.25, 0.3) is 5.91 Å². The zero-order chi connectivity index (χ0) is 18.3. The monoisotopic (exact) mass is 361 g/mol. The highest BCUT2D eigenvalue weighted by Crippen LogP contribution is 2.12. The molecule has 0 spiro atoms. The molecule has 0 radical (unpaired) electrons. The average Bonchev–Trinajstić information content (AvgIpc) is 2.65. The van der Waals surface area contributed by atoms with Crippen molar-refractivity contribution < 1.29 is 18.0 Å². The smallest absolute Gasteiger partial charge is 0.269 e. The van der Waals surface area contributed by atoms with E-state index < -0.39 is 15.9 Å². The number of benzene rings is 2. The number of carbonyl (C=O) groups is 2. The van der Waals surface area contributed by atoms with Crippen molar-refractivity contribution in [3.05, 3.63) is 65.7 Å². The SMILES string of the molecule is CCC(=O)NNC(=O)c1cccc(S(=O)(=O)NCc2ccccc2)c1. The lowest BCUT2D eigenvalue weighted by Crippen LogP contribution is -2.41. The van der Waals surface area contributed by atoms with Gasteiger partial charge in [0.05, 0.1) is 4.90 Å². The Morgan fingerprint density at radius 3 is 2.36 bits per heavy atom. The molecule has 0 atom stereocenters. The predicted molar refractivity (Wildman–Crippen MR) is 92.8 cm³/mol. The van der Waals surface area contributed by atoms with E-state index in [2.05, 4.69) is 15.6 Å². The van der Waals surface area contributed by atoms with Crippen molar-refractivity contribution in [3.63, 3.8) is 0 Å². The fourth-order valence-electron chi connectivity index (χ4n) is 1.95. The van der Waals surface area contributed by atoms with Crippen LogP contribution in [0, 0.1) is 0 Å². The first-order valence-corrected chi connectivity index (χ1v) is 9.13. The first-order valence-electron chi connectivity index (χ1n) is 7.65. The van der Waals surface area contributed by atoms with Gasteiger partial charge in [-0.3, -0.25) is 20.4 Å². The van der Waals surface area contributed by atoms with Crippen molar-refractivity contribution in [2.75, 3.05) is 0 Å². The van der Waals surface area contributed by atoms with E-state index >= 15 is 0 Å². The van der Waals surface area contributed by atoms with Gasteiger partial charge in [0.1, 0.15) is 0 Å². The minimum absolute atomic E-state index is 0.0297. The van der Waals surface area contributed by atoms with Crippen LogP contribution in [0.2, 0.25) is 0 Å². The van der Waals surface area contributed by atoms with Crippen LogP contribution in [0.5, 0.6) is 0 Å². The molecular weight excluding hydrogens is 342 g/mol. The van der Waals surface area contributed by atoms with Crippen LogP contribution in [0.4, 0.5) is 0 Å². The molecule has 0 fully saturated rings. The molecule has 7 nitrogen and oxygen atoms in total. The summed E-state index contributed by atoms with van der Waals surface area (Å²) in [5, 5.41) is 0. The number of sulfonamides is 1. The lowest BCUT2D eigenvalue weighted by Gasteiger charge is -2.09. The summed E-state index contributed by atoms with van der Waals surface area (Å²) in [5.74, 6) is -0.941. The van der Waals surface area contributed by atoms with Crippen LogP contribution >= 0.6 is 0 Å². The van der Waals surface area contributed by atoms with Crippen LogP contribution in [0.15, 0.2) is 59.5 Å². The lowest BCUT2D eigenvalue weighted by atomic mass is 10.2. The molecule has 0 aliphatic carbocycles. The molecule has 0 aromatic heterocycles. The van der Waals surface area contributed by atoms with Gasteiger partial charge in [-0.05, 0) is 23.8 Å². The number of carbonyl (C=O) groups excluding carboxylic acids is 2. The van der Waals surface area contributed by atoms with Gasteiger partial charge in [-0.1, -0.05) is 43.3 Å². The first kappa shape index (κ1) is 18.6. The number of hydrazine groups is 1. The zero-order valence-electron chi connectivity index (χ0n) is 13.7. The normalized spacial score (nSPS) is 10.9. The predicted octanol–water partition coefficient (Wildman–Crippen LogP) is 1.34. The molecule has 0 heterocycles. The lowest BCUT2D eigenvalue weighted by molar-refractivity contribution is -0.121. The number of hydrogen-bond acceptors (Lipinski definition) is 4. The van der Waals surface area contributed by atoms with Crippen molar-refractivity contribution >= 4 is 21.8 Å². The van der Waals surface area contributed by atoms with Gasteiger partial charge in [-0.2, -0.15) is 0 Å². The summed E-state index contributed by atoms with van der Waals surface area (Å²) < 4.78 is 27.2. The number of amides is 2. The maximum atomic E-state index is 12.4. The van der Waals surface area contributed by atoms with Gasteiger partial charge in [0.15, 0.2) is 0 Å². The van der Waals surface area contributed by atoms with E-state index in [9.17, 15) is 18.0 Å². The third-order valence-corrected chi connectivity index (χ3v) is 4.75. The molecule has 2 aromatic carbocycles. The van der Waals surface area contributed by atoms with Gasteiger partial charge in [0, 0.05) is 18.5 Å². The minimum Gasteiger partial charge on any atom is -0.273 e. The zero-order valence-corrected chi connectivity index (χ0v) is 14.5. The molecule has 132 valence electrons. The van der Waals surface area contributed by atoms with Crippen molar-refractivity contribution in [1.29, 1.82) is 0 Å². The molecular formula is C17H19N3O4S. The molecule has 0 unspecified atom stereocenters. The van der Waals surface area contributed by atoms with Crippen LogP contribution < -0.4 is 15.6 Å². The molecule has 0 saturated heterocycles. The summed E-state index contributed by atoms with van der Waals surface area (Å²) in [6.07, 6.45) is 0.220. The summed E-state index contributed by atoms with van der Waals surface area (Å²) in [4.78, 5) is 23.1. The van der Waals surface area contributed by atoms with Gasteiger partial charge >= 0.3 is 0 Å². The highest BCUT2D eigenvalue weighted by molar-refractivity contribution is 7.89. The maximum absolute atomic E-state index is 12.4. The summed E-state index contributed by atoms with van der Waals surface area (Å²) >= 11 is 0. The molecule has 2 aromatic rings. The number of rotatable bonds is 6. The van der Waals surface area contributed by atoms with E-state index in [4.69, 9.17) is 0 Å². The quantitative estimate of drug-likeness (QED) is 0.675. The Kier molecular flexibility index (Phi) is 6.26. The Bertz CT molecular complexity index is 851. The van der Waals surface area contributed by atoms with Crippen LogP contribution in [0.3, 0.4) is 0 Å². The van der Waals surface area contributed by atoms with Crippen LogP contribution in [-0.2, 0) is 21.4 Å². The summed E-state index contributed by atoms with van der Waals surface area (Å²) in [6, 6.07) is 14.7. The fourth-order valence-corrected chi connectivity index (χ4v) is 3.01. The van der Waals surface area contributed by atoms with Crippen molar-refractivity contribution in [2.24, 2.45) is 0 Å². The second-order valence-electron chi connectivity index (χ2n) is 5.19. The fraction of sp³-hybridized carbons (Fsp3) is 0.176. The second-order valence-corrected chi connectivity index (χ2v) is 6.96. The molecule has 25 heavy (non-hydrogen) atoms. The number of nitrogens with one attached hydrogen (secondary N) is 3. The Morgan fingerprint density at radius 1 is 0.960 bits per heavy atom. The second kappa shape index (κ2) is 8.41. The largest absolute Gasteiger partial charge is 0.273 e. The molecule has 0 aliphatic heterocycles. The van der Waals surface area contributed by atoms with Crippen molar-refractivity contribution in [1.82, 2.24) is 15.6 Å². The number of hydrogen-bond donors (Lipinski definition) is 3. The molecule has 8 heteroatoms. The highest BCUT2D eigenvalue weighted by atomic mass is 32.2. The van der Waals surface area contributed by atoms with Gasteiger partial charge in [-0.15, -0.1) is 0 Å². The highest BCUT2D eigenvalue weighted by Gasteiger charge is 2.16. The molecule has 3 N–H and O–H groups in total. The van der Waals surface area contributed by atoms with E-state index in [1.807, 2.05) is 30.3 Å². The van der Waals surface area contributed by atoms with Crippen LogP contribution in [-0.4, -0.2) is 20.2 Å². The van der Waals surface area contributed by atoms with Crippen LogP contribution in [0.1, 0.15) is 29.3 Å². The Balaban J connectivity index is 2.08. The topological polar surface area (TPSA) is 104 Å². The Hall–Kier alpha value is -2.71. The standard InChI is InChI=1S/C17H19N3O4S/c1-2-16(21)19-20-17(22)14-9-6-10-15(11-14)25(23,24)18-12-13-7-4-3-5-8-13/h3-11,18H,2,12H2,1H3,(H,19,21)(H,20,22). The summed E-state index contributed by atoms with van der Waals surface area (Å²) in [7, 11) is -3.77. The van der Waals surface area contributed by atoms with Gasteiger partial charge in [0.2, 0.25) is 15.9 Å².